The van der Waals surface area contributed by atoms with Crippen LogP contribution in [0.5, 0.6) is 0 Å². The van der Waals surface area contributed by atoms with E-state index in [4.69, 9.17) is 4.98 Å². The van der Waals surface area contributed by atoms with E-state index in [0.717, 1.165) is 45.7 Å². The fourth-order valence-corrected chi connectivity index (χ4v) is 5.67. The number of hydrogen-bond donors (Lipinski definition) is 3. The average Bonchev–Trinajstić information content (AvgIpc) is 3.42. The van der Waals surface area contributed by atoms with Gasteiger partial charge in [-0.2, -0.15) is 5.10 Å². The zero-order valence-corrected chi connectivity index (χ0v) is 23.7. The Labute approximate surface area is 219 Å². The van der Waals surface area contributed by atoms with Gasteiger partial charge in [-0.3, -0.25) is 0 Å². The maximum absolute atomic E-state index is 11.3. The van der Waals surface area contributed by atoms with E-state index in [2.05, 4.69) is 73.3 Å². The Bertz CT molecular complexity index is 1500. The van der Waals surface area contributed by atoms with Crippen LogP contribution in [0.25, 0.3) is 27.9 Å². The Kier molecular flexibility index (Phi) is 7.89. The molecule has 0 spiro atoms. The molecular formula is C27H39N7O2S. The lowest BCUT2D eigenvalue weighted by molar-refractivity contribution is 0.487. The maximum Gasteiger partial charge on any atom is 0.158 e. The van der Waals surface area contributed by atoms with E-state index in [9.17, 15) is 8.42 Å². The van der Waals surface area contributed by atoms with E-state index in [0.29, 0.717) is 13.0 Å². The van der Waals surface area contributed by atoms with Gasteiger partial charge < -0.3 is 15.6 Å². The standard InChI is InChI=1S/C27H39N7O2S/c1-16(2)24-25(21-14-34-27(29-15-30-34)20(6)19(21)5)32-22-9-10-23(33-26(22)24)31-18(4)13-17(3)28-11-8-12-37(7,35)36/h9-10,14-18,28,32H,8,11-13H2,1-7H3,(H,31,33)/t17?,18-/m1/s1. The number of fused-ring (bicyclic) bond motifs is 2. The van der Waals surface area contributed by atoms with E-state index >= 15 is 0 Å². The van der Waals surface area contributed by atoms with Crippen LogP contribution in [-0.4, -0.2) is 63.6 Å². The van der Waals surface area contributed by atoms with E-state index in [-0.39, 0.29) is 23.8 Å². The van der Waals surface area contributed by atoms with Crippen LogP contribution < -0.4 is 10.6 Å². The predicted octanol–water partition coefficient (Wildman–Crippen LogP) is 4.62. The second-order valence-corrected chi connectivity index (χ2v) is 12.9. The number of hydrogen-bond acceptors (Lipinski definition) is 7. The molecule has 37 heavy (non-hydrogen) atoms. The third kappa shape index (κ3) is 6.13. The Morgan fingerprint density at radius 3 is 2.54 bits per heavy atom. The first-order valence-electron chi connectivity index (χ1n) is 12.9. The van der Waals surface area contributed by atoms with Crippen molar-refractivity contribution in [2.45, 2.75) is 72.4 Å². The number of nitrogens with one attached hydrogen (secondary N) is 3. The van der Waals surface area contributed by atoms with Crippen molar-refractivity contribution in [3.05, 3.63) is 41.3 Å². The molecule has 10 heteroatoms. The number of nitrogens with zero attached hydrogens (tertiary/aromatic N) is 4. The average molecular weight is 526 g/mol. The summed E-state index contributed by atoms with van der Waals surface area (Å²) < 4.78 is 24.5. The second kappa shape index (κ2) is 10.8. The summed E-state index contributed by atoms with van der Waals surface area (Å²) >= 11 is 0. The minimum Gasteiger partial charge on any atom is -0.368 e. The molecule has 4 aromatic rings. The Morgan fingerprint density at radius 2 is 1.84 bits per heavy atom. The highest BCUT2D eigenvalue weighted by molar-refractivity contribution is 7.90. The SMILES string of the molecule is Cc1c(-c2[nH]c3ccc(N[C@H](C)CC(C)NCCCS(C)(=O)=O)nc3c2C(C)C)cn2ncnc2c1C. The lowest BCUT2D eigenvalue weighted by atomic mass is 9.95. The largest absolute Gasteiger partial charge is 0.368 e. The van der Waals surface area contributed by atoms with E-state index in [1.807, 2.05) is 16.8 Å². The van der Waals surface area contributed by atoms with Crippen LogP contribution in [0.3, 0.4) is 0 Å². The van der Waals surface area contributed by atoms with Gasteiger partial charge in [0.15, 0.2) is 5.65 Å². The van der Waals surface area contributed by atoms with Crippen LogP contribution in [0.4, 0.5) is 5.82 Å². The molecule has 9 nitrogen and oxygen atoms in total. The van der Waals surface area contributed by atoms with Gasteiger partial charge in [0.2, 0.25) is 0 Å². The van der Waals surface area contributed by atoms with Gasteiger partial charge in [0.05, 0.1) is 22.5 Å². The van der Waals surface area contributed by atoms with Gasteiger partial charge in [0, 0.05) is 35.7 Å². The lowest BCUT2D eigenvalue weighted by Crippen LogP contribution is -2.33. The number of pyridine rings is 2. The van der Waals surface area contributed by atoms with Gasteiger partial charge >= 0.3 is 0 Å². The molecule has 0 saturated carbocycles. The van der Waals surface area contributed by atoms with Crippen molar-refractivity contribution < 1.29 is 8.42 Å². The van der Waals surface area contributed by atoms with Crippen LogP contribution in [-0.2, 0) is 9.84 Å². The van der Waals surface area contributed by atoms with Crippen molar-refractivity contribution in [1.29, 1.82) is 0 Å². The molecule has 2 atom stereocenters. The first-order chi connectivity index (χ1) is 17.4. The summed E-state index contributed by atoms with van der Waals surface area (Å²) in [4.78, 5) is 13.1. The third-order valence-electron chi connectivity index (χ3n) is 6.94. The van der Waals surface area contributed by atoms with Crippen molar-refractivity contribution in [3.8, 4) is 11.3 Å². The molecule has 0 saturated heterocycles. The minimum atomic E-state index is -2.91. The third-order valence-corrected chi connectivity index (χ3v) is 7.97. The zero-order valence-electron chi connectivity index (χ0n) is 22.9. The van der Waals surface area contributed by atoms with E-state index in [1.165, 1.54) is 17.4 Å². The first-order valence-corrected chi connectivity index (χ1v) is 15.0. The summed E-state index contributed by atoms with van der Waals surface area (Å²) in [7, 11) is -2.91. The topological polar surface area (TPSA) is 117 Å². The first kappa shape index (κ1) is 27.1. The Hall–Kier alpha value is -2.98. The number of aryl methyl sites for hydroxylation is 1. The van der Waals surface area contributed by atoms with Gasteiger partial charge in [0.25, 0.3) is 0 Å². The fourth-order valence-electron chi connectivity index (χ4n) is 5.00. The Morgan fingerprint density at radius 1 is 1.08 bits per heavy atom. The molecular weight excluding hydrogens is 486 g/mol. The summed E-state index contributed by atoms with van der Waals surface area (Å²) in [5, 5.41) is 11.4. The highest BCUT2D eigenvalue weighted by Crippen LogP contribution is 2.37. The summed E-state index contributed by atoms with van der Waals surface area (Å²) in [6.45, 7) is 13.6. The van der Waals surface area contributed by atoms with Crippen molar-refractivity contribution in [3.63, 3.8) is 0 Å². The number of rotatable bonds is 11. The minimum absolute atomic E-state index is 0.197. The van der Waals surface area contributed by atoms with Gasteiger partial charge in [0.1, 0.15) is 22.0 Å². The molecule has 0 aliphatic rings. The van der Waals surface area contributed by atoms with Crippen molar-refractivity contribution >= 4 is 32.3 Å². The van der Waals surface area contributed by atoms with E-state index in [1.54, 1.807) is 6.33 Å². The van der Waals surface area contributed by atoms with Gasteiger partial charge in [-0.25, -0.2) is 22.9 Å². The van der Waals surface area contributed by atoms with Crippen LogP contribution in [0.1, 0.15) is 63.1 Å². The van der Waals surface area contributed by atoms with Crippen LogP contribution in [0.2, 0.25) is 0 Å². The molecule has 0 radical (unpaired) electrons. The van der Waals surface area contributed by atoms with E-state index < -0.39 is 9.84 Å². The molecule has 4 heterocycles. The molecule has 200 valence electrons. The normalized spacial score (nSPS) is 14.1. The van der Waals surface area contributed by atoms with Crippen molar-refractivity contribution in [1.82, 2.24) is 29.9 Å². The van der Waals surface area contributed by atoms with Gasteiger partial charge in [-0.05, 0) is 76.3 Å². The number of H-pyrrole nitrogens is 1. The number of aromatic nitrogens is 5. The molecule has 0 aliphatic carbocycles. The molecule has 0 aromatic carbocycles. The highest BCUT2D eigenvalue weighted by atomic mass is 32.2. The highest BCUT2D eigenvalue weighted by Gasteiger charge is 2.21. The summed E-state index contributed by atoms with van der Waals surface area (Å²) in [5.41, 5.74) is 8.53. The zero-order chi connectivity index (χ0) is 26.9. The van der Waals surface area contributed by atoms with Gasteiger partial charge in [-0.1, -0.05) is 13.8 Å². The smallest absolute Gasteiger partial charge is 0.158 e. The molecule has 0 fully saturated rings. The number of anilines is 1. The maximum atomic E-state index is 11.3. The second-order valence-electron chi connectivity index (χ2n) is 10.6. The molecule has 0 aliphatic heterocycles. The molecule has 4 rings (SSSR count). The fraction of sp³-hybridized carbons (Fsp3) is 0.519. The van der Waals surface area contributed by atoms with Crippen molar-refractivity contribution in [2.75, 3.05) is 23.9 Å². The molecule has 0 amide bonds. The quantitative estimate of drug-likeness (QED) is 0.245. The van der Waals surface area contributed by atoms with Crippen LogP contribution in [0, 0.1) is 13.8 Å². The molecule has 4 aromatic heterocycles. The molecule has 3 N–H and O–H groups in total. The molecule has 1 unspecified atom stereocenters. The van der Waals surface area contributed by atoms with Crippen LogP contribution in [0.15, 0.2) is 24.7 Å². The number of aromatic amines is 1. The Balaban J connectivity index is 1.54. The summed E-state index contributed by atoms with van der Waals surface area (Å²) in [5.74, 6) is 1.33. The summed E-state index contributed by atoms with van der Waals surface area (Å²) in [6.07, 6.45) is 6.44. The molecule has 0 bridgehead atoms. The number of sulfone groups is 1. The predicted molar refractivity (Wildman–Crippen MR) is 151 cm³/mol. The van der Waals surface area contributed by atoms with Crippen molar-refractivity contribution in [2.24, 2.45) is 0 Å². The summed E-state index contributed by atoms with van der Waals surface area (Å²) in [6, 6.07) is 4.57. The van der Waals surface area contributed by atoms with Gasteiger partial charge in [-0.15, -0.1) is 0 Å². The lowest BCUT2D eigenvalue weighted by Gasteiger charge is -2.20. The monoisotopic (exact) mass is 525 g/mol. The van der Waals surface area contributed by atoms with Crippen LogP contribution >= 0.6 is 0 Å².